The zero-order chi connectivity index (χ0) is 11.5. The Bertz CT molecular complexity index is 499. The van der Waals surface area contributed by atoms with Gasteiger partial charge in [0.25, 0.3) is 0 Å². The van der Waals surface area contributed by atoms with Crippen molar-refractivity contribution in [3.05, 3.63) is 40.0 Å². The van der Waals surface area contributed by atoms with E-state index in [1.807, 2.05) is 12.1 Å². The molecule has 2 nitrogen and oxygen atoms in total. The van der Waals surface area contributed by atoms with E-state index in [0.29, 0.717) is 15.2 Å². The molecule has 0 saturated heterocycles. The number of nitrogen functional groups attached to an aromatic ring is 1. The summed E-state index contributed by atoms with van der Waals surface area (Å²) < 4.78 is 1.10. The highest BCUT2D eigenvalue weighted by atomic mass is 35.5. The van der Waals surface area contributed by atoms with Gasteiger partial charge in [0.05, 0.1) is 20.5 Å². The highest BCUT2D eigenvalue weighted by Crippen LogP contribution is 2.31. The van der Waals surface area contributed by atoms with Crippen LogP contribution < -0.4 is 5.73 Å². The summed E-state index contributed by atoms with van der Waals surface area (Å²) in [7, 11) is 0. The Balaban J connectivity index is 2.02. The Morgan fingerprint density at radius 2 is 2.12 bits per heavy atom. The number of rotatable bonds is 3. The first-order valence-electron chi connectivity index (χ1n) is 4.43. The van der Waals surface area contributed by atoms with Gasteiger partial charge in [-0.1, -0.05) is 40.6 Å². The fraction of sp³-hybridized carbons (Fsp3) is 0.100. The lowest BCUT2D eigenvalue weighted by molar-refractivity contribution is 1.36. The number of anilines is 1. The SMILES string of the molecule is Nc1ncc(SCc2ccc(Cl)c(Cl)c2)s1. The molecule has 2 N–H and O–H groups in total. The summed E-state index contributed by atoms with van der Waals surface area (Å²) in [5.41, 5.74) is 6.68. The molecule has 0 spiro atoms. The summed E-state index contributed by atoms with van der Waals surface area (Å²) >= 11 is 14.9. The molecule has 0 amide bonds. The van der Waals surface area contributed by atoms with Gasteiger partial charge in [0.2, 0.25) is 0 Å². The average Bonchev–Trinajstić information content (AvgIpc) is 2.66. The fourth-order valence-electron chi connectivity index (χ4n) is 1.12. The molecule has 0 aliphatic rings. The predicted molar refractivity (Wildman–Crippen MR) is 72.5 cm³/mol. The van der Waals surface area contributed by atoms with Gasteiger partial charge in [-0.3, -0.25) is 0 Å². The van der Waals surface area contributed by atoms with Crippen molar-refractivity contribution in [3.63, 3.8) is 0 Å². The summed E-state index contributed by atoms with van der Waals surface area (Å²) in [6, 6.07) is 5.65. The van der Waals surface area contributed by atoms with Crippen LogP contribution in [0, 0.1) is 0 Å². The van der Waals surface area contributed by atoms with E-state index in [-0.39, 0.29) is 0 Å². The van der Waals surface area contributed by atoms with Gasteiger partial charge >= 0.3 is 0 Å². The van der Waals surface area contributed by atoms with Gasteiger partial charge in [0, 0.05) is 5.75 Å². The van der Waals surface area contributed by atoms with Gasteiger partial charge in [0.1, 0.15) is 0 Å². The van der Waals surface area contributed by atoms with E-state index in [1.165, 1.54) is 11.3 Å². The van der Waals surface area contributed by atoms with Crippen LogP contribution in [0.15, 0.2) is 28.6 Å². The molecular weight excluding hydrogens is 283 g/mol. The number of nitrogens with two attached hydrogens (primary N) is 1. The highest BCUT2D eigenvalue weighted by Gasteiger charge is 2.02. The molecule has 2 rings (SSSR count). The maximum atomic E-state index is 5.93. The van der Waals surface area contributed by atoms with Crippen molar-refractivity contribution in [2.24, 2.45) is 0 Å². The number of benzene rings is 1. The van der Waals surface area contributed by atoms with Crippen LogP contribution in [0.4, 0.5) is 5.13 Å². The second-order valence-electron chi connectivity index (χ2n) is 3.05. The van der Waals surface area contributed by atoms with Crippen LogP contribution in [-0.4, -0.2) is 4.98 Å². The molecule has 1 aromatic carbocycles. The van der Waals surface area contributed by atoms with Gasteiger partial charge in [0.15, 0.2) is 5.13 Å². The van der Waals surface area contributed by atoms with Crippen LogP contribution in [0.25, 0.3) is 0 Å². The molecule has 0 aliphatic carbocycles. The zero-order valence-electron chi connectivity index (χ0n) is 8.11. The lowest BCUT2D eigenvalue weighted by Crippen LogP contribution is -1.80. The van der Waals surface area contributed by atoms with E-state index in [9.17, 15) is 0 Å². The van der Waals surface area contributed by atoms with Crippen molar-refractivity contribution in [1.82, 2.24) is 4.98 Å². The first-order valence-corrected chi connectivity index (χ1v) is 6.99. The molecule has 0 radical (unpaired) electrons. The van der Waals surface area contributed by atoms with E-state index in [2.05, 4.69) is 4.98 Å². The van der Waals surface area contributed by atoms with Crippen LogP contribution in [-0.2, 0) is 5.75 Å². The molecule has 6 heteroatoms. The number of thioether (sulfide) groups is 1. The smallest absolute Gasteiger partial charge is 0.181 e. The third kappa shape index (κ3) is 3.04. The number of hydrogen-bond acceptors (Lipinski definition) is 4. The monoisotopic (exact) mass is 290 g/mol. The van der Waals surface area contributed by atoms with Crippen LogP contribution in [0.2, 0.25) is 10.0 Å². The molecule has 1 heterocycles. The summed E-state index contributed by atoms with van der Waals surface area (Å²) in [5, 5.41) is 1.76. The molecule has 0 fully saturated rings. The van der Waals surface area contributed by atoms with Gasteiger partial charge in [-0.2, -0.15) is 0 Å². The Labute approximate surface area is 112 Å². The van der Waals surface area contributed by atoms with E-state index in [4.69, 9.17) is 28.9 Å². The second kappa shape index (κ2) is 5.27. The summed E-state index contributed by atoms with van der Waals surface area (Å²) in [4.78, 5) is 3.99. The number of aromatic nitrogens is 1. The van der Waals surface area contributed by atoms with E-state index >= 15 is 0 Å². The summed E-state index contributed by atoms with van der Waals surface area (Å²) in [6.45, 7) is 0. The largest absolute Gasteiger partial charge is 0.375 e. The molecule has 2 aromatic rings. The molecule has 0 unspecified atom stereocenters. The molecule has 0 aliphatic heterocycles. The summed E-state index contributed by atoms with van der Waals surface area (Å²) in [6.07, 6.45) is 1.78. The molecule has 1 aromatic heterocycles. The Morgan fingerprint density at radius 3 is 2.75 bits per heavy atom. The van der Waals surface area contributed by atoms with Crippen LogP contribution in [0.5, 0.6) is 0 Å². The first-order chi connectivity index (χ1) is 7.65. The van der Waals surface area contributed by atoms with Crippen molar-refractivity contribution in [1.29, 1.82) is 0 Å². The Kier molecular flexibility index (Phi) is 3.97. The van der Waals surface area contributed by atoms with Crippen molar-refractivity contribution in [2.45, 2.75) is 9.96 Å². The van der Waals surface area contributed by atoms with E-state index in [0.717, 1.165) is 15.5 Å². The number of halogens is 2. The lowest BCUT2D eigenvalue weighted by atomic mass is 10.2. The van der Waals surface area contributed by atoms with E-state index in [1.54, 1.807) is 24.0 Å². The molecular formula is C10H8Cl2N2S2. The fourth-order valence-corrected chi connectivity index (χ4v) is 3.14. The average molecular weight is 291 g/mol. The van der Waals surface area contributed by atoms with E-state index < -0.39 is 0 Å². The van der Waals surface area contributed by atoms with Crippen LogP contribution in [0.3, 0.4) is 0 Å². The van der Waals surface area contributed by atoms with Crippen molar-refractivity contribution in [2.75, 3.05) is 5.73 Å². The maximum Gasteiger partial charge on any atom is 0.181 e. The van der Waals surface area contributed by atoms with Crippen LogP contribution in [0.1, 0.15) is 5.56 Å². The lowest BCUT2D eigenvalue weighted by Gasteiger charge is -2.01. The van der Waals surface area contributed by atoms with Crippen molar-refractivity contribution < 1.29 is 0 Å². The predicted octanol–water partition coefficient (Wildman–Crippen LogP) is 4.32. The molecule has 0 bridgehead atoms. The number of hydrogen-bond donors (Lipinski definition) is 1. The maximum absolute atomic E-state index is 5.93. The van der Waals surface area contributed by atoms with Crippen molar-refractivity contribution in [3.8, 4) is 0 Å². The van der Waals surface area contributed by atoms with Gasteiger partial charge in [-0.15, -0.1) is 11.8 Å². The molecule has 84 valence electrons. The van der Waals surface area contributed by atoms with Crippen LogP contribution >= 0.6 is 46.3 Å². The Hall–Kier alpha value is -0.420. The minimum absolute atomic E-state index is 0.581. The molecule has 16 heavy (non-hydrogen) atoms. The standard InChI is InChI=1S/C10H8Cl2N2S2/c11-7-2-1-6(3-8(7)12)5-15-9-4-14-10(13)16-9/h1-4H,5H2,(H2,13,14). The quantitative estimate of drug-likeness (QED) is 0.856. The zero-order valence-corrected chi connectivity index (χ0v) is 11.3. The van der Waals surface area contributed by atoms with Gasteiger partial charge in [-0.25, -0.2) is 4.98 Å². The molecule has 0 saturated carbocycles. The van der Waals surface area contributed by atoms with Gasteiger partial charge in [-0.05, 0) is 17.7 Å². The molecule has 0 atom stereocenters. The minimum atomic E-state index is 0.581. The second-order valence-corrected chi connectivity index (χ2v) is 6.21. The van der Waals surface area contributed by atoms with Gasteiger partial charge < -0.3 is 5.73 Å². The number of thiazole rings is 1. The topological polar surface area (TPSA) is 38.9 Å². The third-order valence-electron chi connectivity index (χ3n) is 1.87. The first kappa shape index (κ1) is 12.0. The summed E-state index contributed by atoms with van der Waals surface area (Å²) in [5.74, 6) is 0.832. The highest BCUT2D eigenvalue weighted by molar-refractivity contribution is 8.00. The van der Waals surface area contributed by atoms with Crippen molar-refractivity contribution >= 4 is 51.4 Å². The third-order valence-corrected chi connectivity index (χ3v) is 4.70. The minimum Gasteiger partial charge on any atom is -0.375 e. The normalized spacial score (nSPS) is 10.6. The Morgan fingerprint density at radius 1 is 1.31 bits per heavy atom. The number of nitrogens with zero attached hydrogens (tertiary/aromatic N) is 1.